The summed E-state index contributed by atoms with van der Waals surface area (Å²) < 4.78 is 0. The van der Waals surface area contributed by atoms with E-state index in [1.165, 1.54) is 0 Å². The van der Waals surface area contributed by atoms with Gasteiger partial charge in [0.25, 0.3) is 0 Å². The maximum Gasteiger partial charge on any atom is 0.172 e. The van der Waals surface area contributed by atoms with E-state index in [1.54, 1.807) is 18.3 Å². The molecule has 5 nitrogen and oxygen atoms in total. The molecule has 1 heterocycles. The van der Waals surface area contributed by atoms with E-state index in [9.17, 15) is 0 Å². The van der Waals surface area contributed by atoms with Crippen LogP contribution in [0.1, 0.15) is 18.2 Å². The fourth-order valence-electron chi connectivity index (χ4n) is 2.10. The number of nitrogens with zero attached hydrogens (tertiary/aromatic N) is 3. The number of anilines is 1. The summed E-state index contributed by atoms with van der Waals surface area (Å²) in [5, 5.41) is 12.6. The lowest BCUT2D eigenvalue weighted by molar-refractivity contribution is 0.318. The van der Waals surface area contributed by atoms with Crippen LogP contribution in [0.4, 0.5) is 5.69 Å². The Hall–Kier alpha value is -2.27. The number of oxime groups is 1. The second-order valence-electron chi connectivity index (χ2n) is 4.48. The summed E-state index contributed by atoms with van der Waals surface area (Å²) in [6.45, 7) is 3.42. The first kappa shape index (κ1) is 15.1. The third-order valence-electron chi connectivity index (χ3n) is 3.14. The van der Waals surface area contributed by atoms with Gasteiger partial charge in [-0.2, -0.15) is 0 Å². The monoisotopic (exact) mass is 304 g/mol. The van der Waals surface area contributed by atoms with E-state index in [1.807, 2.05) is 31.2 Å². The second-order valence-corrected chi connectivity index (χ2v) is 4.92. The van der Waals surface area contributed by atoms with Gasteiger partial charge >= 0.3 is 0 Å². The van der Waals surface area contributed by atoms with Crippen molar-refractivity contribution in [1.82, 2.24) is 4.98 Å². The molecule has 1 aromatic carbocycles. The summed E-state index contributed by atoms with van der Waals surface area (Å²) in [5.74, 6) is 0.0342. The summed E-state index contributed by atoms with van der Waals surface area (Å²) in [5.41, 5.74) is 8.14. The number of hydrogen-bond acceptors (Lipinski definition) is 4. The SMILES string of the molecule is CCN(Cc1ccccn1)c1ccc(Cl)cc1/C(N)=N/O. The van der Waals surface area contributed by atoms with Gasteiger partial charge in [0.05, 0.1) is 12.2 Å². The molecule has 3 N–H and O–H groups in total. The van der Waals surface area contributed by atoms with Gasteiger partial charge in [0.1, 0.15) is 0 Å². The van der Waals surface area contributed by atoms with E-state index in [-0.39, 0.29) is 5.84 Å². The number of aromatic nitrogens is 1. The molecule has 0 atom stereocenters. The van der Waals surface area contributed by atoms with Crippen LogP contribution in [0.3, 0.4) is 0 Å². The van der Waals surface area contributed by atoms with E-state index in [0.717, 1.165) is 17.9 Å². The molecule has 2 rings (SSSR count). The van der Waals surface area contributed by atoms with Gasteiger partial charge in [-0.1, -0.05) is 22.8 Å². The topological polar surface area (TPSA) is 74.7 Å². The Labute approximate surface area is 128 Å². The zero-order chi connectivity index (χ0) is 15.2. The van der Waals surface area contributed by atoms with Crippen LogP contribution < -0.4 is 10.6 Å². The molecule has 0 aliphatic rings. The van der Waals surface area contributed by atoms with Crippen LogP contribution in [-0.4, -0.2) is 22.6 Å². The molecule has 0 amide bonds. The summed E-state index contributed by atoms with van der Waals surface area (Å²) in [7, 11) is 0. The quantitative estimate of drug-likeness (QED) is 0.385. The molecule has 0 radical (unpaired) electrons. The van der Waals surface area contributed by atoms with Crippen LogP contribution in [0.25, 0.3) is 0 Å². The molecule has 0 bridgehead atoms. The van der Waals surface area contributed by atoms with E-state index in [4.69, 9.17) is 22.5 Å². The molecule has 6 heteroatoms. The van der Waals surface area contributed by atoms with Gasteiger partial charge in [0.2, 0.25) is 0 Å². The highest BCUT2D eigenvalue weighted by Gasteiger charge is 2.14. The minimum atomic E-state index is 0.0342. The predicted molar refractivity (Wildman–Crippen MR) is 84.9 cm³/mol. The van der Waals surface area contributed by atoms with E-state index in [2.05, 4.69) is 15.0 Å². The maximum atomic E-state index is 8.94. The zero-order valence-corrected chi connectivity index (χ0v) is 12.5. The van der Waals surface area contributed by atoms with Crippen molar-refractivity contribution < 1.29 is 5.21 Å². The maximum absolute atomic E-state index is 8.94. The van der Waals surface area contributed by atoms with E-state index < -0.39 is 0 Å². The van der Waals surface area contributed by atoms with Crippen LogP contribution >= 0.6 is 11.6 Å². The smallest absolute Gasteiger partial charge is 0.172 e. The molecule has 0 saturated heterocycles. The van der Waals surface area contributed by atoms with Crippen LogP contribution in [0.2, 0.25) is 5.02 Å². The minimum absolute atomic E-state index is 0.0342. The molecule has 21 heavy (non-hydrogen) atoms. The van der Waals surface area contributed by atoms with Crippen LogP contribution in [0.15, 0.2) is 47.8 Å². The fourth-order valence-corrected chi connectivity index (χ4v) is 2.27. The number of nitrogens with two attached hydrogens (primary N) is 1. The molecular weight excluding hydrogens is 288 g/mol. The van der Waals surface area contributed by atoms with Crippen LogP contribution in [-0.2, 0) is 6.54 Å². The Morgan fingerprint density at radius 2 is 2.19 bits per heavy atom. The minimum Gasteiger partial charge on any atom is -0.409 e. The van der Waals surface area contributed by atoms with Gasteiger partial charge in [-0.25, -0.2) is 0 Å². The largest absolute Gasteiger partial charge is 0.409 e. The van der Waals surface area contributed by atoms with Gasteiger partial charge < -0.3 is 15.8 Å². The second kappa shape index (κ2) is 6.95. The van der Waals surface area contributed by atoms with Gasteiger partial charge in [0.15, 0.2) is 5.84 Å². The summed E-state index contributed by atoms with van der Waals surface area (Å²) in [6.07, 6.45) is 1.76. The predicted octanol–water partition coefficient (Wildman–Crippen LogP) is 2.86. The Kier molecular flexibility index (Phi) is 5.00. The Morgan fingerprint density at radius 3 is 2.81 bits per heavy atom. The highest BCUT2D eigenvalue weighted by molar-refractivity contribution is 6.31. The van der Waals surface area contributed by atoms with Crippen molar-refractivity contribution in [3.63, 3.8) is 0 Å². The van der Waals surface area contributed by atoms with Gasteiger partial charge in [0, 0.05) is 29.0 Å². The standard InChI is InChI=1S/C15H17ClN4O/c1-2-20(10-12-5-3-4-8-18-12)14-7-6-11(16)9-13(14)15(17)19-21/h3-9,21H,2,10H2,1H3,(H2,17,19). The molecule has 1 aromatic heterocycles. The van der Waals surface area contributed by atoms with Crippen LogP contribution in [0.5, 0.6) is 0 Å². The Balaban J connectivity index is 2.38. The molecule has 0 aliphatic carbocycles. The van der Waals surface area contributed by atoms with Crippen molar-refractivity contribution in [1.29, 1.82) is 0 Å². The normalized spacial score (nSPS) is 11.4. The number of halogens is 1. The summed E-state index contributed by atoms with van der Waals surface area (Å²) in [4.78, 5) is 6.41. The lowest BCUT2D eigenvalue weighted by Gasteiger charge is -2.25. The van der Waals surface area contributed by atoms with Crippen molar-refractivity contribution in [3.8, 4) is 0 Å². The molecule has 2 aromatic rings. The fraction of sp³-hybridized carbons (Fsp3) is 0.200. The highest BCUT2D eigenvalue weighted by atomic mass is 35.5. The molecule has 0 fully saturated rings. The highest BCUT2D eigenvalue weighted by Crippen LogP contribution is 2.25. The molecule has 110 valence electrons. The van der Waals surface area contributed by atoms with Gasteiger partial charge in [-0.15, -0.1) is 0 Å². The molecule has 0 unspecified atom stereocenters. The lowest BCUT2D eigenvalue weighted by atomic mass is 10.1. The van der Waals surface area contributed by atoms with Crippen molar-refractivity contribution in [2.24, 2.45) is 10.9 Å². The number of rotatable bonds is 5. The Bertz CT molecular complexity index is 631. The van der Waals surface area contributed by atoms with Crippen molar-refractivity contribution >= 4 is 23.1 Å². The third kappa shape index (κ3) is 3.64. The van der Waals surface area contributed by atoms with Gasteiger partial charge in [-0.05, 0) is 37.3 Å². The Morgan fingerprint density at radius 1 is 1.38 bits per heavy atom. The van der Waals surface area contributed by atoms with Gasteiger partial charge in [-0.3, -0.25) is 4.98 Å². The number of pyridine rings is 1. The number of hydrogen-bond donors (Lipinski definition) is 2. The number of amidine groups is 1. The first-order valence-electron chi connectivity index (χ1n) is 6.58. The van der Waals surface area contributed by atoms with Crippen LogP contribution in [0, 0.1) is 0 Å². The average molecular weight is 305 g/mol. The molecule has 0 spiro atoms. The summed E-state index contributed by atoms with van der Waals surface area (Å²) >= 11 is 6.00. The lowest BCUT2D eigenvalue weighted by Crippen LogP contribution is -2.26. The first-order chi connectivity index (χ1) is 10.2. The van der Waals surface area contributed by atoms with Crippen molar-refractivity contribution in [2.45, 2.75) is 13.5 Å². The van der Waals surface area contributed by atoms with E-state index >= 15 is 0 Å². The first-order valence-corrected chi connectivity index (χ1v) is 6.95. The summed E-state index contributed by atoms with van der Waals surface area (Å²) in [6, 6.07) is 11.1. The average Bonchev–Trinajstić information content (AvgIpc) is 2.53. The van der Waals surface area contributed by atoms with E-state index in [0.29, 0.717) is 17.1 Å². The molecular formula is C15H17ClN4O. The third-order valence-corrected chi connectivity index (χ3v) is 3.38. The van der Waals surface area contributed by atoms with Crippen molar-refractivity contribution in [2.75, 3.05) is 11.4 Å². The molecule has 0 aliphatic heterocycles. The van der Waals surface area contributed by atoms with Crippen molar-refractivity contribution in [3.05, 3.63) is 58.9 Å². The zero-order valence-electron chi connectivity index (χ0n) is 11.7. The number of benzene rings is 1. The molecule has 0 saturated carbocycles.